The molecule has 1 heterocycles. The van der Waals surface area contributed by atoms with E-state index in [0.717, 1.165) is 31.1 Å². The van der Waals surface area contributed by atoms with Crippen LogP contribution in [-0.2, 0) is 9.59 Å². The monoisotopic (exact) mass is 466 g/mol. The second kappa shape index (κ2) is 12.2. The van der Waals surface area contributed by atoms with Crippen molar-refractivity contribution in [3.05, 3.63) is 54.1 Å². The fourth-order valence-electron chi connectivity index (χ4n) is 3.94. The lowest BCUT2D eigenvalue weighted by Gasteiger charge is -2.18. The molecule has 0 spiro atoms. The normalized spacial score (nSPS) is 15.5. The number of carbonyl (C=O) groups is 3. The lowest BCUT2D eigenvalue weighted by Crippen LogP contribution is -2.34. The second-order valence-corrected chi connectivity index (χ2v) is 8.18. The third kappa shape index (κ3) is 6.57. The van der Waals surface area contributed by atoms with E-state index in [1.54, 1.807) is 29.2 Å². The van der Waals surface area contributed by atoms with Crippen LogP contribution in [0.25, 0.3) is 0 Å². The summed E-state index contributed by atoms with van der Waals surface area (Å²) in [5, 5.41) is 5.79. The van der Waals surface area contributed by atoms with Gasteiger partial charge < -0.3 is 25.2 Å². The van der Waals surface area contributed by atoms with E-state index in [1.165, 1.54) is 0 Å². The molecule has 34 heavy (non-hydrogen) atoms. The van der Waals surface area contributed by atoms with Gasteiger partial charge in [-0.05, 0) is 68.5 Å². The molecular formula is C26H34N4O4. The molecule has 8 heteroatoms. The predicted octanol–water partition coefficient (Wildman–Crippen LogP) is 3.15. The lowest BCUT2D eigenvalue weighted by atomic mass is 10.1. The first kappa shape index (κ1) is 25.2. The first-order valence-corrected chi connectivity index (χ1v) is 11.9. The number of ether oxygens (including phenoxy) is 1. The largest absolute Gasteiger partial charge is 0.494 e. The number of benzene rings is 2. The van der Waals surface area contributed by atoms with Crippen molar-refractivity contribution in [1.82, 2.24) is 10.2 Å². The Bertz CT molecular complexity index is 971. The van der Waals surface area contributed by atoms with Gasteiger partial charge in [-0.15, -0.1) is 0 Å². The van der Waals surface area contributed by atoms with Crippen molar-refractivity contribution in [2.45, 2.75) is 27.2 Å². The van der Waals surface area contributed by atoms with E-state index >= 15 is 0 Å². The Morgan fingerprint density at radius 1 is 1.03 bits per heavy atom. The Kier molecular flexibility index (Phi) is 9.04. The molecule has 2 aromatic carbocycles. The standard InChI is InChI=1S/C26H34N4O4/c1-4-29(5-2)16-15-27-25(32)19-7-9-21(10-8-19)28-26(33)20-17-24(31)30(18-20)22-11-13-23(14-12-22)34-6-3/h7-14,20H,4-6,15-18H2,1-3H3,(H,27,32)(H,28,33). The van der Waals surface area contributed by atoms with Gasteiger partial charge >= 0.3 is 0 Å². The molecule has 0 bridgehead atoms. The van der Waals surface area contributed by atoms with Gasteiger partial charge in [0.2, 0.25) is 11.8 Å². The number of hydrogen-bond donors (Lipinski definition) is 2. The maximum Gasteiger partial charge on any atom is 0.251 e. The number of hydrogen-bond acceptors (Lipinski definition) is 5. The third-order valence-corrected chi connectivity index (χ3v) is 5.98. The van der Waals surface area contributed by atoms with Gasteiger partial charge in [0.1, 0.15) is 5.75 Å². The first-order valence-electron chi connectivity index (χ1n) is 11.9. The van der Waals surface area contributed by atoms with Crippen molar-refractivity contribution in [3.8, 4) is 5.75 Å². The number of anilines is 2. The highest BCUT2D eigenvalue weighted by atomic mass is 16.5. The highest BCUT2D eigenvalue weighted by Gasteiger charge is 2.35. The zero-order valence-electron chi connectivity index (χ0n) is 20.2. The summed E-state index contributed by atoms with van der Waals surface area (Å²) < 4.78 is 5.44. The average Bonchev–Trinajstić information content (AvgIpc) is 3.24. The van der Waals surface area contributed by atoms with Gasteiger partial charge in [0.05, 0.1) is 12.5 Å². The summed E-state index contributed by atoms with van der Waals surface area (Å²) in [5.41, 5.74) is 1.88. The van der Waals surface area contributed by atoms with Gasteiger partial charge in [-0.3, -0.25) is 14.4 Å². The maximum absolute atomic E-state index is 12.8. The van der Waals surface area contributed by atoms with E-state index in [1.807, 2.05) is 31.2 Å². The van der Waals surface area contributed by atoms with Crippen LogP contribution in [0.3, 0.4) is 0 Å². The molecule has 2 N–H and O–H groups in total. The Balaban J connectivity index is 1.51. The predicted molar refractivity (Wildman–Crippen MR) is 133 cm³/mol. The van der Waals surface area contributed by atoms with Crippen LogP contribution >= 0.6 is 0 Å². The van der Waals surface area contributed by atoms with E-state index in [0.29, 0.717) is 30.9 Å². The molecule has 1 unspecified atom stereocenters. The summed E-state index contributed by atoms with van der Waals surface area (Å²) in [4.78, 5) is 41.5. The van der Waals surface area contributed by atoms with Crippen molar-refractivity contribution < 1.29 is 19.1 Å². The smallest absolute Gasteiger partial charge is 0.251 e. The van der Waals surface area contributed by atoms with Gasteiger partial charge in [0, 0.05) is 43.0 Å². The molecule has 1 saturated heterocycles. The number of likely N-dealkylation sites (N-methyl/N-ethyl adjacent to an activating group) is 1. The van der Waals surface area contributed by atoms with Gasteiger partial charge in [-0.2, -0.15) is 0 Å². The molecular weight excluding hydrogens is 432 g/mol. The van der Waals surface area contributed by atoms with E-state index in [9.17, 15) is 14.4 Å². The Morgan fingerprint density at radius 3 is 2.32 bits per heavy atom. The first-order chi connectivity index (χ1) is 16.4. The lowest BCUT2D eigenvalue weighted by molar-refractivity contribution is -0.122. The number of nitrogens with zero attached hydrogens (tertiary/aromatic N) is 2. The van der Waals surface area contributed by atoms with Gasteiger partial charge in [-0.25, -0.2) is 0 Å². The molecule has 0 aromatic heterocycles. The molecule has 1 fully saturated rings. The third-order valence-electron chi connectivity index (χ3n) is 5.98. The fourth-order valence-corrected chi connectivity index (χ4v) is 3.94. The minimum Gasteiger partial charge on any atom is -0.494 e. The molecule has 0 saturated carbocycles. The molecule has 8 nitrogen and oxygen atoms in total. The molecule has 0 radical (unpaired) electrons. The topological polar surface area (TPSA) is 91.0 Å². The summed E-state index contributed by atoms with van der Waals surface area (Å²) >= 11 is 0. The summed E-state index contributed by atoms with van der Waals surface area (Å²) in [6.45, 7) is 10.3. The Morgan fingerprint density at radius 2 is 1.71 bits per heavy atom. The van der Waals surface area contributed by atoms with Crippen LogP contribution < -0.4 is 20.3 Å². The van der Waals surface area contributed by atoms with Crippen LogP contribution in [0.2, 0.25) is 0 Å². The van der Waals surface area contributed by atoms with Gasteiger partial charge in [0.15, 0.2) is 0 Å². The molecule has 1 aliphatic rings. The molecule has 0 aliphatic carbocycles. The van der Waals surface area contributed by atoms with Crippen molar-refractivity contribution in [2.24, 2.45) is 5.92 Å². The highest BCUT2D eigenvalue weighted by Crippen LogP contribution is 2.27. The van der Waals surface area contributed by atoms with Crippen LogP contribution in [0.5, 0.6) is 5.75 Å². The van der Waals surface area contributed by atoms with Crippen molar-refractivity contribution in [2.75, 3.05) is 49.5 Å². The number of amides is 3. The van der Waals surface area contributed by atoms with Crippen LogP contribution in [-0.4, -0.2) is 62.0 Å². The number of rotatable bonds is 11. The van der Waals surface area contributed by atoms with Gasteiger partial charge in [0.25, 0.3) is 5.91 Å². The Hall–Kier alpha value is -3.39. The summed E-state index contributed by atoms with van der Waals surface area (Å²) in [7, 11) is 0. The second-order valence-electron chi connectivity index (χ2n) is 8.18. The van der Waals surface area contributed by atoms with Crippen molar-refractivity contribution in [1.29, 1.82) is 0 Å². The molecule has 1 atom stereocenters. The zero-order chi connectivity index (χ0) is 24.5. The SMILES string of the molecule is CCOc1ccc(N2CC(C(=O)Nc3ccc(C(=O)NCCN(CC)CC)cc3)CC2=O)cc1. The number of nitrogens with one attached hydrogen (secondary N) is 2. The quantitative estimate of drug-likeness (QED) is 0.531. The minimum absolute atomic E-state index is 0.0824. The highest BCUT2D eigenvalue weighted by molar-refractivity contribution is 6.03. The average molecular weight is 467 g/mol. The Labute approximate surface area is 201 Å². The molecule has 3 amide bonds. The summed E-state index contributed by atoms with van der Waals surface area (Å²) in [6.07, 6.45) is 0.159. The van der Waals surface area contributed by atoms with E-state index in [-0.39, 0.29) is 24.1 Å². The van der Waals surface area contributed by atoms with Crippen LogP contribution in [0, 0.1) is 5.92 Å². The maximum atomic E-state index is 12.8. The van der Waals surface area contributed by atoms with Crippen LogP contribution in [0.1, 0.15) is 37.6 Å². The summed E-state index contributed by atoms with van der Waals surface area (Å²) in [6, 6.07) is 14.1. The van der Waals surface area contributed by atoms with E-state index in [4.69, 9.17) is 4.74 Å². The minimum atomic E-state index is -0.442. The van der Waals surface area contributed by atoms with E-state index in [2.05, 4.69) is 29.4 Å². The fraction of sp³-hybridized carbons (Fsp3) is 0.423. The van der Waals surface area contributed by atoms with Crippen molar-refractivity contribution >= 4 is 29.1 Å². The molecule has 3 rings (SSSR count). The van der Waals surface area contributed by atoms with E-state index < -0.39 is 5.92 Å². The van der Waals surface area contributed by atoms with Crippen LogP contribution in [0.15, 0.2) is 48.5 Å². The molecule has 2 aromatic rings. The molecule has 1 aliphatic heterocycles. The molecule has 182 valence electrons. The number of carbonyl (C=O) groups excluding carboxylic acids is 3. The van der Waals surface area contributed by atoms with Gasteiger partial charge in [-0.1, -0.05) is 13.8 Å². The van der Waals surface area contributed by atoms with Crippen LogP contribution in [0.4, 0.5) is 11.4 Å². The zero-order valence-corrected chi connectivity index (χ0v) is 20.2. The summed E-state index contributed by atoms with van der Waals surface area (Å²) in [5.74, 6) is -0.132. The van der Waals surface area contributed by atoms with Crippen molar-refractivity contribution in [3.63, 3.8) is 0 Å².